The van der Waals surface area contributed by atoms with E-state index in [1.54, 1.807) is 6.20 Å². The monoisotopic (exact) mass is 366 g/mol. The van der Waals surface area contributed by atoms with Gasteiger partial charge in [0, 0.05) is 12.1 Å². The molecule has 1 fully saturated rings. The van der Waals surface area contributed by atoms with Crippen LogP contribution in [0.2, 0.25) is 0 Å². The first kappa shape index (κ1) is 18.9. The number of rotatable bonds is 6. The van der Waals surface area contributed by atoms with Crippen molar-refractivity contribution in [2.45, 2.75) is 32.5 Å². The van der Waals surface area contributed by atoms with Gasteiger partial charge in [-0.2, -0.15) is 18.3 Å². The number of hydrogen-bond donors (Lipinski definition) is 2. The Labute approximate surface area is 151 Å². The highest BCUT2D eigenvalue weighted by molar-refractivity contribution is 5.63. The molecule has 1 aromatic heterocycles. The van der Waals surface area contributed by atoms with E-state index in [-0.39, 0.29) is 0 Å². The van der Waals surface area contributed by atoms with E-state index in [2.05, 4.69) is 27.3 Å². The van der Waals surface area contributed by atoms with E-state index in [0.29, 0.717) is 0 Å². The minimum absolute atomic E-state index is 0.634. The van der Waals surface area contributed by atoms with Gasteiger partial charge in [0.2, 0.25) is 0 Å². The van der Waals surface area contributed by atoms with Crippen molar-refractivity contribution in [2.24, 2.45) is 5.92 Å². The van der Waals surface area contributed by atoms with Crippen LogP contribution in [-0.2, 0) is 12.7 Å². The topological polar surface area (TPSA) is 44.0 Å². The molecule has 3 rings (SSSR count). The molecule has 2 aromatic rings. The van der Waals surface area contributed by atoms with Gasteiger partial charge in [-0.3, -0.25) is 10.00 Å². The number of likely N-dealkylation sites (tertiary alicyclic amines) is 1. The van der Waals surface area contributed by atoms with Crippen LogP contribution in [0.15, 0.2) is 30.5 Å². The summed E-state index contributed by atoms with van der Waals surface area (Å²) < 4.78 is 38.2. The third kappa shape index (κ3) is 4.65. The molecule has 0 unspecified atom stereocenters. The molecule has 1 aliphatic heterocycles. The molecule has 1 saturated heterocycles. The van der Waals surface area contributed by atoms with Crippen molar-refractivity contribution in [1.82, 2.24) is 20.4 Å². The van der Waals surface area contributed by atoms with Gasteiger partial charge >= 0.3 is 6.18 Å². The minimum Gasteiger partial charge on any atom is -0.317 e. The second kappa shape index (κ2) is 8.22. The van der Waals surface area contributed by atoms with Crippen LogP contribution in [0.1, 0.15) is 30.9 Å². The lowest BCUT2D eigenvalue weighted by molar-refractivity contribution is -0.137. The largest absolute Gasteiger partial charge is 0.416 e. The predicted molar refractivity (Wildman–Crippen MR) is 95.6 cm³/mol. The predicted octanol–water partition coefficient (Wildman–Crippen LogP) is 3.92. The van der Waals surface area contributed by atoms with Crippen molar-refractivity contribution in [3.05, 3.63) is 41.6 Å². The second-order valence-electron chi connectivity index (χ2n) is 6.87. The van der Waals surface area contributed by atoms with E-state index in [1.807, 2.05) is 0 Å². The first-order chi connectivity index (χ1) is 12.5. The summed E-state index contributed by atoms with van der Waals surface area (Å²) in [6.45, 7) is 7.04. The fourth-order valence-electron chi connectivity index (χ4n) is 3.44. The number of H-pyrrole nitrogens is 1. The number of nitrogens with one attached hydrogen (secondary N) is 2. The Morgan fingerprint density at radius 1 is 1.19 bits per heavy atom. The van der Waals surface area contributed by atoms with E-state index in [4.69, 9.17) is 0 Å². The molecule has 1 aliphatic rings. The summed E-state index contributed by atoms with van der Waals surface area (Å²) in [6.07, 6.45) is -0.203. The third-order valence-electron chi connectivity index (χ3n) is 5.00. The van der Waals surface area contributed by atoms with Crippen LogP contribution in [0, 0.1) is 5.92 Å². The number of nitrogens with zero attached hydrogens (tertiary/aromatic N) is 2. The summed E-state index contributed by atoms with van der Waals surface area (Å²) in [4.78, 5) is 2.39. The third-order valence-corrected chi connectivity index (χ3v) is 5.00. The zero-order valence-electron chi connectivity index (χ0n) is 14.9. The molecular formula is C19H25F3N4. The van der Waals surface area contributed by atoms with Crippen LogP contribution in [0.4, 0.5) is 13.2 Å². The maximum Gasteiger partial charge on any atom is 0.416 e. The summed E-state index contributed by atoms with van der Waals surface area (Å²) in [7, 11) is 0. The average Bonchev–Trinajstić information content (AvgIpc) is 3.08. The number of halogens is 3. The molecule has 2 heterocycles. The van der Waals surface area contributed by atoms with Gasteiger partial charge in [0.15, 0.2) is 0 Å². The van der Waals surface area contributed by atoms with Gasteiger partial charge in [0.1, 0.15) is 0 Å². The van der Waals surface area contributed by atoms with E-state index in [1.165, 1.54) is 25.0 Å². The lowest BCUT2D eigenvalue weighted by Gasteiger charge is -2.32. The SMILES string of the molecule is CCNCC1CCN(Cc2cn[nH]c2-c2ccc(C(F)(F)F)cc2)CC1. The fourth-order valence-corrected chi connectivity index (χ4v) is 3.44. The standard InChI is InChI=1S/C19H25F3N4/c1-2-23-11-14-7-9-26(10-8-14)13-16-12-24-25-18(16)15-3-5-17(6-4-15)19(20,21)22/h3-6,12,14,23H,2,7-11,13H2,1H3,(H,24,25). The molecule has 1 aromatic carbocycles. The van der Waals surface area contributed by atoms with Crippen molar-refractivity contribution in [3.8, 4) is 11.3 Å². The summed E-state index contributed by atoms with van der Waals surface area (Å²) in [6, 6.07) is 5.24. The van der Waals surface area contributed by atoms with E-state index < -0.39 is 11.7 Å². The molecule has 0 amide bonds. The molecular weight excluding hydrogens is 341 g/mol. The van der Waals surface area contributed by atoms with Gasteiger partial charge in [0.05, 0.1) is 17.5 Å². The van der Waals surface area contributed by atoms with Gasteiger partial charge in [-0.05, 0) is 62.6 Å². The van der Waals surface area contributed by atoms with Crippen molar-refractivity contribution >= 4 is 0 Å². The molecule has 4 nitrogen and oxygen atoms in total. The number of aromatic amines is 1. The smallest absolute Gasteiger partial charge is 0.317 e. The Morgan fingerprint density at radius 3 is 2.50 bits per heavy atom. The molecule has 142 valence electrons. The van der Waals surface area contributed by atoms with Gasteiger partial charge in [-0.1, -0.05) is 19.1 Å². The quantitative estimate of drug-likeness (QED) is 0.815. The first-order valence-electron chi connectivity index (χ1n) is 9.10. The second-order valence-corrected chi connectivity index (χ2v) is 6.87. The maximum absolute atomic E-state index is 12.7. The normalized spacial score (nSPS) is 16.9. The Kier molecular flexibility index (Phi) is 5.98. The van der Waals surface area contributed by atoms with Crippen molar-refractivity contribution < 1.29 is 13.2 Å². The highest BCUT2D eigenvalue weighted by Gasteiger charge is 2.30. The van der Waals surface area contributed by atoms with Gasteiger partial charge in [-0.15, -0.1) is 0 Å². The van der Waals surface area contributed by atoms with Crippen molar-refractivity contribution in [2.75, 3.05) is 26.2 Å². The van der Waals surface area contributed by atoms with Crippen LogP contribution in [0.5, 0.6) is 0 Å². The maximum atomic E-state index is 12.7. The zero-order chi connectivity index (χ0) is 18.6. The molecule has 0 radical (unpaired) electrons. The van der Waals surface area contributed by atoms with Crippen molar-refractivity contribution in [1.29, 1.82) is 0 Å². The summed E-state index contributed by atoms with van der Waals surface area (Å²) in [5, 5.41) is 10.5. The fraction of sp³-hybridized carbons (Fsp3) is 0.526. The van der Waals surface area contributed by atoms with Gasteiger partial charge < -0.3 is 5.32 Å². The van der Waals surface area contributed by atoms with Crippen LogP contribution < -0.4 is 5.32 Å². The van der Waals surface area contributed by atoms with Crippen LogP contribution in [0.3, 0.4) is 0 Å². The molecule has 0 spiro atoms. The number of benzene rings is 1. The van der Waals surface area contributed by atoms with E-state index in [0.717, 1.165) is 67.6 Å². The number of alkyl halides is 3. The van der Waals surface area contributed by atoms with Gasteiger partial charge in [0.25, 0.3) is 0 Å². The average molecular weight is 366 g/mol. The Balaban J connectivity index is 1.63. The van der Waals surface area contributed by atoms with E-state index >= 15 is 0 Å². The number of hydrogen-bond acceptors (Lipinski definition) is 3. The highest BCUT2D eigenvalue weighted by Crippen LogP contribution is 2.31. The summed E-state index contributed by atoms with van der Waals surface area (Å²) in [5.41, 5.74) is 1.92. The first-order valence-corrected chi connectivity index (χ1v) is 9.10. The lowest BCUT2D eigenvalue weighted by Crippen LogP contribution is -2.36. The molecule has 0 atom stereocenters. The Hall–Kier alpha value is -1.86. The van der Waals surface area contributed by atoms with Crippen LogP contribution >= 0.6 is 0 Å². The van der Waals surface area contributed by atoms with Crippen molar-refractivity contribution in [3.63, 3.8) is 0 Å². The Bertz CT molecular complexity index is 686. The molecule has 7 heteroatoms. The minimum atomic E-state index is -4.31. The molecule has 0 aliphatic carbocycles. The summed E-state index contributed by atoms with van der Waals surface area (Å²) in [5.74, 6) is 0.727. The number of aromatic nitrogens is 2. The molecule has 26 heavy (non-hydrogen) atoms. The zero-order valence-corrected chi connectivity index (χ0v) is 14.9. The van der Waals surface area contributed by atoms with Crippen LogP contribution in [-0.4, -0.2) is 41.3 Å². The van der Waals surface area contributed by atoms with Gasteiger partial charge in [-0.25, -0.2) is 0 Å². The summed E-state index contributed by atoms with van der Waals surface area (Å²) >= 11 is 0. The number of piperidine rings is 1. The molecule has 0 bridgehead atoms. The van der Waals surface area contributed by atoms with E-state index in [9.17, 15) is 13.2 Å². The molecule has 0 saturated carbocycles. The highest BCUT2D eigenvalue weighted by atomic mass is 19.4. The molecule has 2 N–H and O–H groups in total. The Morgan fingerprint density at radius 2 is 1.88 bits per heavy atom. The lowest BCUT2D eigenvalue weighted by atomic mass is 9.96. The van der Waals surface area contributed by atoms with Crippen LogP contribution in [0.25, 0.3) is 11.3 Å².